The van der Waals surface area contributed by atoms with Crippen LogP contribution >= 0.6 is 11.3 Å². The van der Waals surface area contributed by atoms with Crippen molar-refractivity contribution in [2.75, 3.05) is 17.7 Å². The summed E-state index contributed by atoms with van der Waals surface area (Å²) in [7, 11) is 0. The highest BCUT2D eigenvalue weighted by Gasteiger charge is 2.24. The molecule has 0 fully saturated rings. The lowest BCUT2D eigenvalue weighted by atomic mass is 10.1. The second-order valence-electron chi connectivity index (χ2n) is 4.30. The van der Waals surface area contributed by atoms with Gasteiger partial charge in [-0.2, -0.15) is 0 Å². The number of hydrogen-bond acceptors (Lipinski definition) is 7. The Morgan fingerprint density at radius 3 is 2.82 bits per heavy atom. The van der Waals surface area contributed by atoms with Gasteiger partial charge in [0.05, 0.1) is 17.1 Å². The minimum atomic E-state index is -0.698. The summed E-state index contributed by atoms with van der Waals surface area (Å²) in [6.45, 7) is 3.75. The Kier molecular flexibility index (Phi) is 4.56. The van der Waals surface area contributed by atoms with Crippen LogP contribution in [0, 0.1) is 17.0 Å². The zero-order valence-electron chi connectivity index (χ0n) is 12.0. The van der Waals surface area contributed by atoms with Gasteiger partial charge in [0.2, 0.25) is 5.82 Å². The number of nitro groups is 1. The number of carbonyl (C=O) groups excluding carboxylic acids is 1. The predicted octanol–water partition coefficient (Wildman–Crippen LogP) is 3.18. The molecule has 0 aliphatic heterocycles. The lowest BCUT2D eigenvalue weighted by Gasteiger charge is -2.08. The molecular weight excluding hydrogens is 308 g/mol. The summed E-state index contributed by atoms with van der Waals surface area (Å²) in [5.74, 6) is -0.164. The van der Waals surface area contributed by atoms with Gasteiger partial charge < -0.3 is 10.5 Å². The predicted molar refractivity (Wildman–Crippen MR) is 84.0 cm³/mol. The van der Waals surface area contributed by atoms with Crippen LogP contribution in [-0.2, 0) is 4.74 Å². The van der Waals surface area contributed by atoms with Crippen molar-refractivity contribution >= 4 is 34.8 Å². The first-order valence-electron chi connectivity index (χ1n) is 6.37. The van der Waals surface area contributed by atoms with Gasteiger partial charge in [-0.15, -0.1) is 11.3 Å². The number of pyridine rings is 1. The second-order valence-corrected chi connectivity index (χ2v) is 5.59. The average Bonchev–Trinajstić information content (AvgIpc) is 2.84. The van der Waals surface area contributed by atoms with E-state index in [0.29, 0.717) is 10.4 Å². The average molecular weight is 322 g/mol. The number of carbonyl (C=O) groups is 1. The summed E-state index contributed by atoms with van der Waals surface area (Å²) in [6.07, 6.45) is -0.698. The van der Waals surface area contributed by atoms with Crippen LogP contribution in [0.25, 0.3) is 10.4 Å². The highest BCUT2D eigenvalue weighted by atomic mass is 32.1. The van der Waals surface area contributed by atoms with Crippen molar-refractivity contribution in [1.29, 1.82) is 0 Å². The third kappa shape index (κ3) is 3.31. The van der Waals surface area contributed by atoms with Crippen molar-refractivity contribution in [1.82, 2.24) is 4.98 Å². The monoisotopic (exact) mass is 322 g/mol. The fourth-order valence-corrected chi connectivity index (χ4v) is 2.74. The number of nitrogen functional groups attached to an aromatic ring is 1. The minimum Gasteiger partial charge on any atom is -0.450 e. The fourth-order valence-electron chi connectivity index (χ4n) is 1.85. The van der Waals surface area contributed by atoms with E-state index < -0.39 is 11.0 Å². The molecule has 116 valence electrons. The number of aryl methyl sites for hydroxylation is 1. The number of ether oxygens (including phenoxy) is 1. The zero-order chi connectivity index (χ0) is 16.3. The first-order valence-corrected chi connectivity index (χ1v) is 7.19. The fraction of sp³-hybridized carbons (Fsp3) is 0.231. The van der Waals surface area contributed by atoms with Gasteiger partial charge in [-0.05, 0) is 32.0 Å². The topological polar surface area (TPSA) is 120 Å². The van der Waals surface area contributed by atoms with Gasteiger partial charge in [-0.3, -0.25) is 15.4 Å². The minimum absolute atomic E-state index is 0.0996. The number of nitrogens with two attached hydrogens (primary N) is 1. The lowest BCUT2D eigenvalue weighted by molar-refractivity contribution is -0.383. The summed E-state index contributed by atoms with van der Waals surface area (Å²) < 4.78 is 4.75. The van der Waals surface area contributed by atoms with E-state index in [0.717, 1.165) is 4.88 Å². The van der Waals surface area contributed by atoms with Crippen LogP contribution in [0.5, 0.6) is 0 Å². The van der Waals surface area contributed by atoms with E-state index in [9.17, 15) is 14.9 Å². The van der Waals surface area contributed by atoms with Crippen molar-refractivity contribution in [3.63, 3.8) is 0 Å². The highest BCUT2D eigenvalue weighted by Crippen LogP contribution is 2.38. The number of rotatable bonds is 4. The van der Waals surface area contributed by atoms with E-state index in [-0.39, 0.29) is 23.9 Å². The molecule has 0 aliphatic rings. The van der Waals surface area contributed by atoms with Gasteiger partial charge in [0, 0.05) is 9.75 Å². The standard InChI is InChI=1S/C13H14N4O4S/c1-3-21-13(18)16-10-6-8(9-5-4-7(2)22-9)11(17(19)20)12(14)15-10/h4-6H,3H2,1-2H3,(H3,14,15,16,18). The SMILES string of the molecule is CCOC(=O)Nc1cc(-c2ccc(C)s2)c([N+](=O)[O-])c(N)n1. The first-order chi connectivity index (χ1) is 10.4. The smallest absolute Gasteiger partial charge is 0.412 e. The maximum Gasteiger partial charge on any atom is 0.412 e. The van der Waals surface area contributed by atoms with Crippen LogP contribution in [0.4, 0.5) is 22.1 Å². The van der Waals surface area contributed by atoms with E-state index in [2.05, 4.69) is 10.3 Å². The van der Waals surface area contributed by atoms with Crippen LogP contribution in [0.2, 0.25) is 0 Å². The third-order valence-electron chi connectivity index (χ3n) is 2.71. The molecule has 8 nitrogen and oxygen atoms in total. The van der Waals surface area contributed by atoms with Crippen molar-refractivity contribution in [2.24, 2.45) is 0 Å². The maximum absolute atomic E-state index is 11.4. The Hall–Kier alpha value is -2.68. The number of thiophene rings is 1. The van der Waals surface area contributed by atoms with E-state index in [4.69, 9.17) is 10.5 Å². The summed E-state index contributed by atoms with van der Waals surface area (Å²) in [5, 5.41) is 13.6. The van der Waals surface area contributed by atoms with Crippen molar-refractivity contribution in [2.45, 2.75) is 13.8 Å². The van der Waals surface area contributed by atoms with Crippen LogP contribution in [0.3, 0.4) is 0 Å². The van der Waals surface area contributed by atoms with Gasteiger partial charge in [0.1, 0.15) is 5.82 Å². The molecule has 2 rings (SSSR count). The Morgan fingerprint density at radius 2 is 2.27 bits per heavy atom. The van der Waals surface area contributed by atoms with Gasteiger partial charge in [-0.25, -0.2) is 9.78 Å². The second kappa shape index (κ2) is 6.39. The first kappa shape index (κ1) is 15.7. The largest absolute Gasteiger partial charge is 0.450 e. The number of nitrogens with one attached hydrogen (secondary N) is 1. The highest BCUT2D eigenvalue weighted by molar-refractivity contribution is 7.15. The molecule has 3 N–H and O–H groups in total. The number of aromatic nitrogens is 1. The third-order valence-corrected chi connectivity index (χ3v) is 3.75. The molecule has 0 bridgehead atoms. The normalized spacial score (nSPS) is 10.3. The van der Waals surface area contributed by atoms with Crippen LogP contribution < -0.4 is 11.1 Å². The summed E-state index contributed by atoms with van der Waals surface area (Å²) >= 11 is 1.39. The number of anilines is 2. The molecule has 0 spiro atoms. The molecule has 9 heteroatoms. The van der Waals surface area contributed by atoms with Gasteiger partial charge >= 0.3 is 11.8 Å². The summed E-state index contributed by atoms with van der Waals surface area (Å²) in [6, 6.07) is 5.02. The Balaban J connectivity index is 2.50. The molecule has 22 heavy (non-hydrogen) atoms. The van der Waals surface area contributed by atoms with E-state index in [1.165, 1.54) is 17.4 Å². The van der Waals surface area contributed by atoms with Crippen molar-refractivity contribution < 1.29 is 14.5 Å². The van der Waals surface area contributed by atoms with Crippen molar-refractivity contribution in [3.8, 4) is 10.4 Å². The molecule has 0 radical (unpaired) electrons. The van der Waals surface area contributed by atoms with E-state index >= 15 is 0 Å². The van der Waals surface area contributed by atoms with Gasteiger partial charge in [0.25, 0.3) is 0 Å². The Labute approximate surface area is 130 Å². The van der Waals surface area contributed by atoms with Crippen molar-refractivity contribution in [3.05, 3.63) is 33.2 Å². The lowest BCUT2D eigenvalue weighted by Crippen LogP contribution is -2.15. The van der Waals surface area contributed by atoms with Crippen LogP contribution in [0.1, 0.15) is 11.8 Å². The molecule has 2 heterocycles. The molecule has 0 saturated heterocycles. The van der Waals surface area contributed by atoms with Gasteiger partial charge in [-0.1, -0.05) is 0 Å². The molecule has 0 saturated carbocycles. The quantitative estimate of drug-likeness (QED) is 0.658. The molecule has 0 aromatic carbocycles. The zero-order valence-corrected chi connectivity index (χ0v) is 12.8. The van der Waals surface area contributed by atoms with Gasteiger partial charge in [0.15, 0.2) is 0 Å². The Bertz CT molecular complexity index is 729. The van der Waals surface area contributed by atoms with Crippen LogP contribution in [-0.4, -0.2) is 22.6 Å². The summed E-state index contributed by atoms with van der Waals surface area (Å²) in [4.78, 5) is 27.6. The molecule has 0 unspecified atom stereocenters. The molecule has 2 aromatic heterocycles. The van der Waals surface area contributed by atoms with E-state index in [1.54, 1.807) is 13.0 Å². The number of amides is 1. The Morgan fingerprint density at radius 1 is 1.55 bits per heavy atom. The number of nitrogens with zero attached hydrogens (tertiary/aromatic N) is 2. The molecule has 2 aromatic rings. The molecule has 0 atom stereocenters. The van der Waals surface area contributed by atoms with Crippen LogP contribution in [0.15, 0.2) is 18.2 Å². The molecule has 1 amide bonds. The summed E-state index contributed by atoms with van der Waals surface area (Å²) in [5.41, 5.74) is 5.70. The molecule has 0 aliphatic carbocycles. The number of hydrogen-bond donors (Lipinski definition) is 2. The maximum atomic E-state index is 11.4. The van der Waals surface area contributed by atoms with E-state index in [1.807, 2.05) is 13.0 Å². The molecular formula is C13H14N4O4S.